The summed E-state index contributed by atoms with van der Waals surface area (Å²) >= 11 is 0. The van der Waals surface area contributed by atoms with E-state index in [1.807, 2.05) is 0 Å². The van der Waals surface area contributed by atoms with E-state index in [1.165, 1.54) is 0 Å². The Kier molecular flexibility index (Phi) is 2.52. The standard InChI is InChI=1S/C6H9N3O3/c7-9-8-4-1-3(6(11)12)2-5(4)10/h3-5,10H,1-2H2,(H,11,12). The fraction of sp³-hybridized carbons (Fsp3) is 0.833. The van der Waals surface area contributed by atoms with Gasteiger partial charge < -0.3 is 10.2 Å². The maximum Gasteiger partial charge on any atom is 0.306 e. The Morgan fingerprint density at radius 2 is 2.25 bits per heavy atom. The third kappa shape index (κ3) is 1.66. The van der Waals surface area contributed by atoms with E-state index in [0.29, 0.717) is 0 Å². The number of azide groups is 1. The lowest BCUT2D eigenvalue weighted by molar-refractivity contribution is -0.141. The second-order valence-electron chi connectivity index (χ2n) is 2.85. The minimum Gasteiger partial charge on any atom is -0.481 e. The Labute approximate surface area is 68.4 Å². The largest absolute Gasteiger partial charge is 0.481 e. The van der Waals surface area contributed by atoms with E-state index in [0.717, 1.165) is 0 Å². The molecule has 2 N–H and O–H groups in total. The van der Waals surface area contributed by atoms with Crippen LogP contribution in [0.25, 0.3) is 10.4 Å². The molecule has 1 aliphatic carbocycles. The van der Waals surface area contributed by atoms with E-state index in [4.69, 9.17) is 10.6 Å². The predicted octanol–water partition coefficient (Wildman–Crippen LogP) is 0.521. The van der Waals surface area contributed by atoms with Crippen molar-refractivity contribution in [3.05, 3.63) is 10.4 Å². The Bertz CT molecular complexity index is 236. The monoisotopic (exact) mass is 171 g/mol. The zero-order chi connectivity index (χ0) is 9.14. The first-order valence-corrected chi connectivity index (χ1v) is 3.60. The molecule has 12 heavy (non-hydrogen) atoms. The van der Waals surface area contributed by atoms with E-state index in [2.05, 4.69) is 10.0 Å². The second-order valence-corrected chi connectivity index (χ2v) is 2.85. The molecule has 0 amide bonds. The number of hydrogen-bond donors (Lipinski definition) is 2. The molecule has 0 aromatic heterocycles. The highest BCUT2D eigenvalue weighted by Crippen LogP contribution is 2.28. The molecule has 0 aromatic rings. The highest BCUT2D eigenvalue weighted by molar-refractivity contribution is 5.70. The third-order valence-electron chi connectivity index (χ3n) is 2.05. The number of aliphatic hydroxyl groups excluding tert-OH is 1. The topological polar surface area (TPSA) is 106 Å². The molecule has 6 heteroatoms. The van der Waals surface area contributed by atoms with Gasteiger partial charge in [0, 0.05) is 4.91 Å². The van der Waals surface area contributed by atoms with Gasteiger partial charge in [-0.05, 0) is 18.4 Å². The second kappa shape index (κ2) is 3.42. The molecule has 0 radical (unpaired) electrons. The van der Waals surface area contributed by atoms with E-state index in [1.54, 1.807) is 0 Å². The van der Waals surface area contributed by atoms with Gasteiger partial charge in [-0.15, -0.1) is 0 Å². The summed E-state index contributed by atoms with van der Waals surface area (Å²) < 4.78 is 0. The Balaban J connectivity index is 2.61. The number of nitrogens with zero attached hydrogens (tertiary/aromatic N) is 3. The summed E-state index contributed by atoms with van der Waals surface area (Å²) in [5.74, 6) is -1.51. The molecule has 0 spiro atoms. The SMILES string of the molecule is [N-]=[N+]=NC1CC(C(=O)O)CC1O. The number of aliphatic hydroxyl groups is 1. The van der Waals surface area contributed by atoms with Crippen molar-refractivity contribution >= 4 is 5.97 Å². The quantitative estimate of drug-likeness (QED) is 0.359. The highest BCUT2D eigenvalue weighted by atomic mass is 16.4. The Morgan fingerprint density at radius 1 is 1.58 bits per heavy atom. The van der Waals surface area contributed by atoms with Crippen LogP contribution in [0.5, 0.6) is 0 Å². The van der Waals surface area contributed by atoms with Gasteiger partial charge in [0.2, 0.25) is 0 Å². The van der Waals surface area contributed by atoms with Gasteiger partial charge in [-0.3, -0.25) is 4.79 Å². The average Bonchev–Trinajstić information content (AvgIpc) is 2.34. The van der Waals surface area contributed by atoms with E-state index < -0.39 is 24.0 Å². The van der Waals surface area contributed by atoms with Crippen molar-refractivity contribution in [2.75, 3.05) is 0 Å². The van der Waals surface area contributed by atoms with Crippen molar-refractivity contribution in [2.24, 2.45) is 11.0 Å². The molecule has 66 valence electrons. The fourth-order valence-electron chi connectivity index (χ4n) is 1.39. The van der Waals surface area contributed by atoms with Gasteiger partial charge in [0.05, 0.1) is 18.1 Å². The van der Waals surface area contributed by atoms with Gasteiger partial charge >= 0.3 is 5.97 Å². The number of hydrogen-bond acceptors (Lipinski definition) is 3. The molecule has 1 saturated carbocycles. The minimum atomic E-state index is -0.940. The zero-order valence-corrected chi connectivity index (χ0v) is 6.29. The Morgan fingerprint density at radius 3 is 2.67 bits per heavy atom. The van der Waals surface area contributed by atoms with Crippen LogP contribution < -0.4 is 0 Å². The van der Waals surface area contributed by atoms with Gasteiger partial charge in [0.1, 0.15) is 0 Å². The van der Waals surface area contributed by atoms with Crippen LogP contribution in [0.3, 0.4) is 0 Å². The molecular formula is C6H9N3O3. The maximum atomic E-state index is 10.5. The molecule has 6 nitrogen and oxygen atoms in total. The number of rotatable bonds is 2. The first kappa shape index (κ1) is 8.83. The summed E-state index contributed by atoms with van der Waals surface area (Å²) in [6.07, 6.45) is -0.387. The first-order valence-electron chi connectivity index (χ1n) is 3.60. The van der Waals surface area contributed by atoms with Crippen LogP contribution in [0.1, 0.15) is 12.8 Å². The molecule has 0 bridgehead atoms. The van der Waals surface area contributed by atoms with Gasteiger partial charge in [-0.25, -0.2) is 0 Å². The van der Waals surface area contributed by atoms with Crippen LogP contribution >= 0.6 is 0 Å². The number of carboxylic acids is 1. The average molecular weight is 171 g/mol. The van der Waals surface area contributed by atoms with Crippen molar-refractivity contribution in [3.63, 3.8) is 0 Å². The summed E-state index contributed by atoms with van der Waals surface area (Å²) in [5, 5.41) is 21.1. The summed E-state index contributed by atoms with van der Waals surface area (Å²) in [4.78, 5) is 13.0. The molecule has 1 rings (SSSR count). The summed E-state index contributed by atoms with van der Waals surface area (Å²) in [6.45, 7) is 0. The van der Waals surface area contributed by atoms with Gasteiger partial charge in [0.15, 0.2) is 0 Å². The van der Waals surface area contributed by atoms with E-state index in [9.17, 15) is 9.90 Å². The van der Waals surface area contributed by atoms with Crippen LogP contribution in [0.4, 0.5) is 0 Å². The van der Waals surface area contributed by atoms with Crippen molar-refractivity contribution in [3.8, 4) is 0 Å². The summed E-state index contributed by atoms with van der Waals surface area (Å²) in [5.41, 5.74) is 8.07. The molecule has 0 aromatic carbocycles. The van der Waals surface area contributed by atoms with E-state index in [-0.39, 0.29) is 12.8 Å². The molecule has 1 fully saturated rings. The van der Waals surface area contributed by atoms with Gasteiger partial charge in [0.25, 0.3) is 0 Å². The van der Waals surface area contributed by atoms with Crippen LogP contribution in [0.2, 0.25) is 0 Å². The summed E-state index contributed by atoms with van der Waals surface area (Å²) in [7, 11) is 0. The molecule has 0 heterocycles. The molecule has 1 aliphatic rings. The van der Waals surface area contributed by atoms with Crippen molar-refractivity contribution in [1.82, 2.24) is 0 Å². The lowest BCUT2D eigenvalue weighted by Crippen LogP contribution is -2.15. The van der Waals surface area contributed by atoms with Crippen LogP contribution in [0, 0.1) is 5.92 Å². The Hall–Kier alpha value is -1.26. The van der Waals surface area contributed by atoms with Crippen molar-refractivity contribution in [2.45, 2.75) is 25.0 Å². The van der Waals surface area contributed by atoms with Gasteiger partial charge in [-0.1, -0.05) is 5.11 Å². The molecule has 0 aliphatic heterocycles. The predicted molar refractivity (Wildman–Crippen MR) is 39.3 cm³/mol. The fourth-order valence-corrected chi connectivity index (χ4v) is 1.39. The number of carboxylic acid groups (broad SMARTS) is 1. The third-order valence-corrected chi connectivity index (χ3v) is 2.05. The maximum absolute atomic E-state index is 10.5. The molecule has 3 unspecified atom stereocenters. The lowest BCUT2D eigenvalue weighted by atomic mass is 10.1. The lowest BCUT2D eigenvalue weighted by Gasteiger charge is -2.04. The van der Waals surface area contributed by atoms with Crippen LogP contribution in [-0.4, -0.2) is 28.3 Å². The zero-order valence-electron chi connectivity index (χ0n) is 6.29. The van der Waals surface area contributed by atoms with Crippen LogP contribution in [0.15, 0.2) is 5.11 Å². The minimum absolute atomic E-state index is 0.180. The van der Waals surface area contributed by atoms with Crippen molar-refractivity contribution < 1.29 is 15.0 Å². The summed E-state index contributed by atoms with van der Waals surface area (Å²) in [6, 6.07) is -0.573. The van der Waals surface area contributed by atoms with Crippen LogP contribution in [-0.2, 0) is 4.79 Å². The first-order chi connectivity index (χ1) is 5.65. The smallest absolute Gasteiger partial charge is 0.306 e. The normalized spacial score (nSPS) is 34.2. The van der Waals surface area contributed by atoms with Crippen molar-refractivity contribution in [1.29, 1.82) is 0 Å². The molecule has 0 saturated heterocycles. The van der Waals surface area contributed by atoms with E-state index >= 15 is 0 Å². The van der Waals surface area contributed by atoms with Gasteiger partial charge in [-0.2, -0.15) is 0 Å². The molecular weight excluding hydrogens is 162 g/mol. The molecule has 3 atom stereocenters. The number of carbonyl (C=O) groups is 1. The highest BCUT2D eigenvalue weighted by Gasteiger charge is 2.36. The number of aliphatic carboxylic acids is 1.